The highest BCUT2D eigenvalue weighted by Gasteiger charge is 2.20. The second-order valence-corrected chi connectivity index (χ2v) is 5.72. The molecule has 0 aromatic heterocycles. The zero-order valence-electron chi connectivity index (χ0n) is 13.6. The summed E-state index contributed by atoms with van der Waals surface area (Å²) >= 11 is 0. The molecule has 0 aliphatic carbocycles. The zero-order chi connectivity index (χ0) is 16.1. The maximum atomic E-state index is 12.5. The van der Waals surface area contributed by atoms with Crippen LogP contribution in [0.5, 0.6) is 5.75 Å². The van der Waals surface area contributed by atoms with E-state index in [4.69, 9.17) is 4.74 Å². The van der Waals surface area contributed by atoms with Crippen LogP contribution in [-0.4, -0.2) is 19.1 Å². The summed E-state index contributed by atoms with van der Waals surface area (Å²) in [6.07, 6.45) is -0.535. The Hall–Kier alpha value is -2.29. The number of anilines is 1. The van der Waals surface area contributed by atoms with E-state index in [1.54, 1.807) is 18.9 Å². The van der Waals surface area contributed by atoms with E-state index in [1.165, 1.54) is 5.56 Å². The van der Waals surface area contributed by atoms with Crippen LogP contribution >= 0.6 is 0 Å². The molecule has 1 atom stereocenters. The summed E-state index contributed by atoms with van der Waals surface area (Å²) in [7, 11) is 1.77. The van der Waals surface area contributed by atoms with Crippen molar-refractivity contribution in [3.8, 4) is 5.75 Å². The summed E-state index contributed by atoms with van der Waals surface area (Å²) < 4.78 is 5.82. The van der Waals surface area contributed by atoms with Crippen molar-refractivity contribution in [3.05, 3.63) is 60.2 Å². The van der Waals surface area contributed by atoms with Crippen LogP contribution in [0.2, 0.25) is 0 Å². The van der Waals surface area contributed by atoms with Gasteiger partial charge < -0.3 is 9.64 Å². The van der Waals surface area contributed by atoms with Gasteiger partial charge in [-0.2, -0.15) is 0 Å². The van der Waals surface area contributed by atoms with Crippen molar-refractivity contribution in [2.24, 2.45) is 0 Å². The molecule has 1 unspecified atom stereocenters. The fraction of sp³-hybridized carbons (Fsp3) is 0.316. The molecule has 0 saturated heterocycles. The van der Waals surface area contributed by atoms with Gasteiger partial charge in [0, 0.05) is 12.7 Å². The largest absolute Gasteiger partial charge is 0.481 e. The van der Waals surface area contributed by atoms with E-state index in [0.29, 0.717) is 5.92 Å². The number of benzene rings is 2. The number of ether oxygens (including phenoxy) is 1. The molecule has 2 rings (SSSR count). The molecule has 0 fully saturated rings. The topological polar surface area (TPSA) is 29.5 Å². The summed E-state index contributed by atoms with van der Waals surface area (Å²) in [4.78, 5) is 14.1. The summed E-state index contributed by atoms with van der Waals surface area (Å²) in [6.45, 7) is 6.05. The number of hydrogen-bond acceptors (Lipinski definition) is 2. The van der Waals surface area contributed by atoms with Crippen molar-refractivity contribution < 1.29 is 9.53 Å². The molecule has 0 heterocycles. The van der Waals surface area contributed by atoms with Crippen molar-refractivity contribution >= 4 is 11.6 Å². The maximum absolute atomic E-state index is 12.5. The van der Waals surface area contributed by atoms with Crippen molar-refractivity contribution in [2.75, 3.05) is 11.9 Å². The molecular weight excluding hydrogens is 274 g/mol. The van der Waals surface area contributed by atoms with Gasteiger partial charge in [0.25, 0.3) is 5.91 Å². The molecule has 0 radical (unpaired) electrons. The minimum atomic E-state index is -0.535. The fourth-order valence-corrected chi connectivity index (χ4v) is 2.25. The van der Waals surface area contributed by atoms with Crippen LogP contribution in [0.15, 0.2) is 54.6 Å². The second kappa shape index (κ2) is 7.12. The van der Waals surface area contributed by atoms with E-state index in [1.807, 2.05) is 48.5 Å². The number of para-hydroxylation sites is 1. The lowest BCUT2D eigenvalue weighted by molar-refractivity contribution is -0.124. The van der Waals surface area contributed by atoms with Crippen LogP contribution in [0.25, 0.3) is 0 Å². The van der Waals surface area contributed by atoms with E-state index in [-0.39, 0.29) is 5.91 Å². The summed E-state index contributed by atoms with van der Waals surface area (Å²) in [5.41, 5.74) is 2.06. The highest BCUT2D eigenvalue weighted by molar-refractivity contribution is 5.95. The van der Waals surface area contributed by atoms with Gasteiger partial charge in [-0.1, -0.05) is 44.2 Å². The van der Waals surface area contributed by atoms with Crippen LogP contribution in [0.4, 0.5) is 5.69 Å². The number of rotatable bonds is 5. The smallest absolute Gasteiger partial charge is 0.267 e. The molecule has 3 nitrogen and oxygen atoms in total. The second-order valence-electron chi connectivity index (χ2n) is 5.72. The van der Waals surface area contributed by atoms with Crippen LogP contribution in [0.1, 0.15) is 32.3 Å². The number of carbonyl (C=O) groups is 1. The van der Waals surface area contributed by atoms with Gasteiger partial charge in [-0.25, -0.2) is 0 Å². The van der Waals surface area contributed by atoms with Crippen molar-refractivity contribution in [1.29, 1.82) is 0 Å². The molecule has 1 amide bonds. The molecule has 0 N–H and O–H groups in total. The van der Waals surface area contributed by atoms with Crippen LogP contribution < -0.4 is 9.64 Å². The Morgan fingerprint density at radius 1 is 1.00 bits per heavy atom. The van der Waals surface area contributed by atoms with E-state index in [0.717, 1.165) is 11.4 Å². The minimum Gasteiger partial charge on any atom is -0.481 e. The average molecular weight is 297 g/mol. The van der Waals surface area contributed by atoms with E-state index in [9.17, 15) is 4.79 Å². The van der Waals surface area contributed by atoms with Crippen molar-refractivity contribution in [2.45, 2.75) is 32.8 Å². The summed E-state index contributed by atoms with van der Waals surface area (Å²) in [5.74, 6) is 1.09. The van der Waals surface area contributed by atoms with Gasteiger partial charge >= 0.3 is 0 Å². The zero-order valence-corrected chi connectivity index (χ0v) is 13.6. The van der Waals surface area contributed by atoms with Gasteiger partial charge in [0.2, 0.25) is 0 Å². The molecular formula is C19H23NO2. The van der Waals surface area contributed by atoms with Crippen molar-refractivity contribution in [1.82, 2.24) is 0 Å². The fourth-order valence-electron chi connectivity index (χ4n) is 2.25. The first-order chi connectivity index (χ1) is 10.5. The number of carbonyl (C=O) groups excluding carboxylic acids is 1. The Morgan fingerprint density at radius 2 is 1.68 bits per heavy atom. The third kappa shape index (κ3) is 3.88. The number of amides is 1. The van der Waals surface area contributed by atoms with Gasteiger partial charge in [0.05, 0.1) is 0 Å². The Bertz CT molecular complexity index is 622. The van der Waals surface area contributed by atoms with Gasteiger partial charge in [-0.15, -0.1) is 0 Å². The van der Waals surface area contributed by atoms with Crippen molar-refractivity contribution in [3.63, 3.8) is 0 Å². The van der Waals surface area contributed by atoms with E-state index < -0.39 is 6.10 Å². The third-order valence-corrected chi connectivity index (χ3v) is 3.66. The van der Waals surface area contributed by atoms with Gasteiger partial charge in [0.15, 0.2) is 6.10 Å². The SMILES string of the molecule is CC(Oc1cccc(C(C)C)c1)C(=O)N(C)c1ccccc1. The van der Waals surface area contributed by atoms with Gasteiger partial charge in [0.1, 0.15) is 5.75 Å². The standard InChI is InChI=1S/C19H23NO2/c1-14(2)16-9-8-12-18(13-16)22-15(3)19(21)20(4)17-10-6-5-7-11-17/h5-15H,1-4H3. The number of nitrogens with zero attached hydrogens (tertiary/aromatic N) is 1. The number of likely N-dealkylation sites (N-methyl/N-ethyl adjacent to an activating group) is 1. The summed E-state index contributed by atoms with van der Waals surface area (Å²) in [5, 5.41) is 0. The average Bonchev–Trinajstić information content (AvgIpc) is 2.54. The van der Waals surface area contributed by atoms with Gasteiger partial charge in [-0.3, -0.25) is 4.79 Å². The first-order valence-corrected chi connectivity index (χ1v) is 7.58. The minimum absolute atomic E-state index is 0.0684. The predicted molar refractivity (Wildman–Crippen MR) is 90.5 cm³/mol. The molecule has 22 heavy (non-hydrogen) atoms. The predicted octanol–water partition coefficient (Wildman–Crippen LogP) is 4.24. The van der Waals surface area contributed by atoms with Crippen LogP contribution in [0, 0.1) is 0 Å². The molecule has 0 bridgehead atoms. The third-order valence-electron chi connectivity index (χ3n) is 3.66. The van der Waals surface area contributed by atoms with E-state index >= 15 is 0 Å². The lowest BCUT2D eigenvalue weighted by atomic mass is 10.0. The molecule has 0 spiro atoms. The highest BCUT2D eigenvalue weighted by atomic mass is 16.5. The quantitative estimate of drug-likeness (QED) is 0.826. The molecule has 0 aliphatic heterocycles. The van der Waals surface area contributed by atoms with Crippen LogP contribution in [0.3, 0.4) is 0 Å². The highest BCUT2D eigenvalue weighted by Crippen LogP contribution is 2.22. The molecule has 116 valence electrons. The first-order valence-electron chi connectivity index (χ1n) is 7.58. The molecule has 3 heteroatoms. The first kappa shape index (κ1) is 16.1. The Labute approximate surface area is 132 Å². The Morgan fingerprint density at radius 3 is 2.32 bits per heavy atom. The molecule has 0 aliphatic rings. The summed E-state index contributed by atoms with van der Waals surface area (Å²) in [6, 6.07) is 17.5. The monoisotopic (exact) mass is 297 g/mol. The molecule has 2 aromatic rings. The van der Waals surface area contributed by atoms with Gasteiger partial charge in [-0.05, 0) is 42.7 Å². The number of hydrogen-bond donors (Lipinski definition) is 0. The Kier molecular flexibility index (Phi) is 5.21. The maximum Gasteiger partial charge on any atom is 0.267 e. The normalized spacial score (nSPS) is 12.0. The Balaban J connectivity index is 2.07. The lowest BCUT2D eigenvalue weighted by Crippen LogP contribution is -2.38. The molecule has 0 saturated carbocycles. The lowest BCUT2D eigenvalue weighted by Gasteiger charge is -2.22. The molecule has 2 aromatic carbocycles. The van der Waals surface area contributed by atoms with Crippen LogP contribution in [-0.2, 0) is 4.79 Å². The van der Waals surface area contributed by atoms with E-state index in [2.05, 4.69) is 19.9 Å².